The number of anilines is 1. The highest BCUT2D eigenvalue weighted by Crippen LogP contribution is 2.30. The van der Waals surface area contributed by atoms with Crippen molar-refractivity contribution in [2.45, 2.75) is 11.4 Å². The van der Waals surface area contributed by atoms with Gasteiger partial charge in [-0.2, -0.15) is 11.3 Å². The molecule has 8 heteroatoms. The molecule has 0 atom stereocenters. The van der Waals surface area contributed by atoms with Gasteiger partial charge >= 0.3 is 0 Å². The Morgan fingerprint density at radius 2 is 2.00 bits per heavy atom. The summed E-state index contributed by atoms with van der Waals surface area (Å²) in [6.45, 7) is 0.136. The maximum atomic E-state index is 12.2. The van der Waals surface area contributed by atoms with Crippen LogP contribution < -0.4 is 10.5 Å². The van der Waals surface area contributed by atoms with Crippen LogP contribution in [0, 0.1) is 0 Å². The molecule has 0 bridgehead atoms. The first-order valence-electron chi connectivity index (χ1n) is 5.17. The zero-order valence-electron chi connectivity index (χ0n) is 9.56. The molecule has 0 fully saturated rings. The molecule has 2 rings (SSSR count). The van der Waals surface area contributed by atoms with Crippen LogP contribution in [-0.4, -0.2) is 8.42 Å². The summed E-state index contributed by atoms with van der Waals surface area (Å²) in [7, 11) is -3.75. The van der Waals surface area contributed by atoms with E-state index in [1.807, 2.05) is 0 Å². The van der Waals surface area contributed by atoms with Crippen molar-refractivity contribution in [3.8, 4) is 0 Å². The van der Waals surface area contributed by atoms with Crippen molar-refractivity contribution in [1.82, 2.24) is 0 Å². The van der Waals surface area contributed by atoms with Gasteiger partial charge in [-0.25, -0.2) is 8.42 Å². The van der Waals surface area contributed by atoms with Gasteiger partial charge in [0.25, 0.3) is 10.0 Å². The van der Waals surface area contributed by atoms with Crippen molar-refractivity contribution in [3.63, 3.8) is 0 Å². The molecule has 0 radical (unpaired) electrons. The number of rotatable bonds is 4. The Labute approximate surface area is 125 Å². The van der Waals surface area contributed by atoms with Crippen molar-refractivity contribution >= 4 is 50.2 Å². The van der Waals surface area contributed by atoms with E-state index >= 15 is 0 Å². The lowest BCUT2D eigenvalue weighted by Gasteiger charge is -2.10. The van der Waals surface area contributed by atoms with Gasteiger partial charge in [-0.1, -0.05) is 23.2 Å². The van der Waals surface area contributed by atoms with E-state index in [-0.39, 0.29) is 16.5 Å². The fourth-order valence-electron chi connectivity index (χ4n) is 1.47. The molecule has 3 N–H and O–H groups in total. The van der Waals surface area contributed by atoms with Crippen molar-refractivity contribution in [2.75, 3.05) is 4.72 Å². The second kappa shape index (κ2) is 5.68. The Bertz CT molecular complexity index is 685. The minimum Gasteiger partial charge on any atom is -0.326 e. The van der Waals surface area contributed by atoms with Crippen molar-refractivity contribution in [3.05, 3.63) is 44.6 Å². The number of thiophene rings is 1. The number of halogens is 2. The van der Waals surface area contributed by atoms with Crippen molar-refractivity contribution in [2.24, 2.45) is 5.73 Å². The lowest BCUT2D eigenvalue weighted by atomic mass is 10.2. The van der Waals surface area contributed by atoms with Crippen LogP contribution in [0.25, 0.3) is 0 Å². The first-order chi connectivity index (χ1) is 8.94. The summed E-state index contributed by atoms with van der Waals surface area (Å²) in [6.07, 6.45) is 0. The van der Waals surface area contributed by atoms with Crippen LogP contribution in [0.1, 0.15) is 5.56 Å². The highest BCUT2D eigenvalue weighted by atomic mass is 35.5. The largest absolute Gasteiger partial charge is 0.326 e. The van der Waals surface area contributed by atoms with Crippen LogP contribution in [0.2, 0.25) is 10.0 Å². The molecule has 0 spiro atoms. The highest BCUT2D eigenvalue weighted by molar-refractivity contribution is 7.92. The first-order valence-corrected chi connectivity index (χ1v) is 8.35. The lowest BCUT2D eigenvalue weighted by Crippen LogP contribution is -2.14. The summed E-state index contributed by atoms with van der Waals surface area (Å²) in [5, 5.41) is 3.87. The molecule has 0 saturated carbocycles. The number of benzene rings is 1. The third-order valence-corrected chi connectivity index (χ3v) is 5.26. The molecule has 19 heavy (non-hydrogen) atoms. The fourth-order valence-corrected chi connectivity index (χ4v) is 4.05. The van der Waals surface area contributed by atoms with E-state index in [9.17, 15) is 8.42 Å². The van der Waals surface area contributed by atoms with E-state index in [2.05, 4.69) is 4.72 Å². The van der Waals surface area contributed by atoms with Crippen molar-refractivity contribution in [1.29, 1.82) is 0 Å². The molecule has 1 aromatic carbocycles. The minimum atomic E-state index is -3.75. The third kappa shape index (κ3) is 3.21. The van der Waals surface area contributed by atoms with E-state index in [1.54, 1.807) is 16.8 Å². The van der Waals surface area contributed by atoms with Gasteiger partial charge in [0.05, 0.1) is 10.7 Å². The number of sulfonamides is 1. The second-order valence-electron chi connectivity index (χ2n) is 3.70. The van der Waals surface area contributed by atoms with Gasteiger partial charge < -0.3 is 5.73 Å². The van der Waals surface area contributed by atoms with Crippen molar-refractivity contribution < 1.29 is 8.42 Å². The van der Waals surface area contributed by atoms with Gasteiger partial charge in [-0.05, 0) is 29.1 Å². The topological polar surface area (TPSA) is 72.2 Å². The molecule has 0 aliphatic carbocycles. The highest BCUT2D eigenvalue weighted by Gasteiger charge is 2.20. The SMILES string of the molecule is NCc1cc(S(=O)(=O)Nc2ccsc2)c(Cl)cc1Cl. The van der Waals surface area contributed by atoms with Crippen LogP contribution in [-0.2, 0) is 16.6 Å². The predicted molar refractivity (Wildman–Crippen MR) is 79.5 cm³/mol. The molecule has 0 aliphatic rings. The van der Waals surface area contributed by atoms with Gasteiger partial charge in [0.1, 0.15) is 4.90 Å². The second-order valence-corrected chi connectivity index (χ2v) is 6.94. The molecule has 0 saturated heterocycles. The Hall–Kier alpha value is -0.790. The summed E-state index contributed by atoms with van der Waals surface area (Å²) >= 11 is 13.2. The van der Waals surface area contributed by atoms with Crippen LogP contribution >= 0.6 is 34.5 Å². The third-order valence-electron chi connectivity index (χ3n) is 2.38. The monoisotopic (exact) mass is 336 g/mol. The maximum absolute atomic E-state index is 12.2. The van der Waals surface area contributed by atoms with Gasteiger partial charge in [0.15, 0.2) is 0 Å². The van der Waals surface area contributed by atoms with Gasteiger partial charge in [0.2, 0.25) is 0 Å². The van der Waals surface area contributed by atoms with Gasteiger partial charge in [-0.15, -0.1) is 0 Å². The summed E-state index contributed by atoms with van der Waals surface area (Å²) in [5.74, 6) is 0. The number of nitrogens with one attached hydrogen (secondary N) is 1. The Kier molecular flexibility index (Phi) is 4.37. The van der Waals surface area contributed by atoms with E-state index in [0.29, 0.717) is 16.3 Å². The molecule has 0 aliphatic heterocycles. The molecule has 1 aromatic heterocycles. The smallest absolute Gasteiger partial charge is 0.263 e. The number of nitrogens with two attached hydrogens (primary N) is 1. The minimum absolute atomic E-state index is 0.0368. The van der Waals surface area contributed by atoms with Crippen LogP contribution in [0.3, 0.4) is 0 Å². The predicted octanol–water partition coefficient (Wildman–Crippen LogP) is 3.31. The first kappa shape index (κ1) is 14.6. The van der Waals surface area contributed by atoms with Gasteiger partial charge in [-0.3, -0.25) is 4.72 Å². The normalized spacial score (nSPS) is 11.5. The molecule has 0 unspecified atom stereocenters. The quantitative estimate of drug-likeness (QED) is 0.899. The van der Waals surface area contributed by atoms with Crippen LogP contribution in [0.5, 0.6) is 0 Å². The average Bonchev–Trinajstić information content (AvgIpc) is 2.80. The molecular formula is C11H10Cl2N2O2S2. The summed E-state index contributed by atoms with van der Waals surface area (Å²) in [5.41, 5.74) is 6.52. The Balaban J connectivity index is 2.45. The van der Waals surface area contributed by atoms with E-state index < -0.39 is 10.0 Å². The fraction of sp³-hybridized carbons (Fsp3) is 0.0909. The summed E-state index contributed by atoms with van der Waals surface area (Å²) < 4.78 is 26.9. The molecule has 2 aromatic rings. The molecule has 4 nitrogen and oxygen atoms in total. The number of hydrogen-bond acceptors (Lipinski definition) is 4. The number of hydrogen-bond donors (Lipinski definition) is 2. The van der Waals surface area contributed by atoms with E-state index in [4.69, 9.17) is 28.9 Å². The van der Waals surface area contributed by atoms with E-state index in [1.165, 1.54) is 23.5 Å². The molecule has 102 valence electrons. The molecule has 0 amide bonds. The van der Waals surface area contributed by atoms with Crippen LogP contribution in [0.4, 0.5) is 5.69 Å². The summed E-state index contributed by atoms with van der Waals surface area (Å²) in [6, 6.07) is 4.43. The standard InChI is InChI=1S/C11H10Cl2N2O2S2/c12-9-4-10(13)11(3-7(9)5-14)19(16,17)15-8-1-2-18-6-8/h1-4,6,15H,5,14H2. The Morgan fingerprint density at radius 1 is 1.26 bits per heavy atom. The average molecular weight is 337 g/mol. The van der Waals surface area contributed by atoms with Crippen LogP contribution in [0.15, 0.2) is 33.9 Å². The lowest BCUT2D eigenvalue weighted by molar-refractivity contribution is 0.601. The zero-order chi connectivity index (χ0) is 14.0. The summed E-state index contributed by atoms with van der Waals surface area (Å²) in [4.78, 5) is -0.0368. The Morgan fingerprint density at radius 3 is 2.58 bits per heavy atom. The maximum Gasteiger partial charge on any atom is 0.263 e. The molecule has 1 heterocycles. The van der Waals surface area contributed by atoms with E-state index in [0.717, 1.165) is 0 Å². The molecular weight excluding hydrogens is 327 g/mol. The van der Waals surface area contributed by atoms with Gasteiger partial charge in [0, 0.05) is 16.9 Å². The zero-order valence-corrected chi connectivity index (χ0v) is 12.7.